The lowest BCUT2D eigenvalue weighted by Gasteiger charge is -1.92. The fraction of sp³-hybridized carbons (Fsp3) is 0.375. The van der Waals surface area contributed by atoms with Crippen molar-refractivity contribution in [1.82, 2.24) is 0 Å². The minimum Gasteiger partial charge on any atom is -0.392 e. The van der Waals surface area contributed by atoms with Gasteiger partial charge < -0.3 is 5.11 Å². The summed E-state index contributed by atoms with van der Waals surface area (Å²) >= 11 is 0. The van der Waals surface area contributed by atoms with Crippen molar-refractivity contribution in [3.05, 3.63) is 11.1 Å². The lowest BCUT2D eigenvalue weighted by atomic mass is 10.2. The Bertz CT molecular complexity index is 230. The van der Waals surface area contributed by atoms with E-state index in [2.05, 4.69) is 5.92 Å². The molecule has 0 spiro atoms. The van der Waals surface area contributed by atoms with E-state index in [4.69, 9.17) is 11.5 Å². The molecule has 1 rings (SSSR count). The molecule has 2 heteroatoms. The molecular formula is C8H8O2. The summed E-state index contributed by atoms with van der Waals surface area (Å²) in [5.41, 5.74) is 1.11. The monoisotopic (exact) mass is 136 g/mol. The summed E-state index contributed by atoms with van der Waals surface area (Å²) in [6.45, 7) is -0.210. The van der Waals surface area contributed by atoms with Gasteiger partial charge in [-0.2, -0.15) is 0 Å². The van der Waals surface area contributed by atoms with Crippen LogP contribution in [0, 0.1) is 12.3 Å². The van der Waals surface area contributed by atoms with E-state index in [1.165, 1.54) is 0 Å². The highest BCUT2D eigenvalue weighted by Gasteiger charge is 2.20. The number of rotatable bonds is 1. The molecule has 0 unspecified atom stereocenters. The quantitative estimate of drug-likeness (QED) is 0.525. The van der Waals surface area contributed by atoms with E-state index in [0.717, 1.165) is 0 Å². The van der Waals surface area contributed by atoms with E-state index >= 15 is 0 Å². The van der Waals surface area contributed by atoms with Gasteiger partial charge >= 0.3 is 0 Å². The van der Waals surface area contributed by atoms with E-state index in [-0.39, 0.29) is 12.4 Å². The maximum atomic E-state index is 10.9. The molecule has 0 aromatic rings. The van der Waals surface area contributed by atoms with Gasteiger partial charge in [-0.05, 0) is 6.42 Å². The Balaban J connectivity index is 2.95. The fourth-order valence-electron chi connectivity index (χ4n) is 1.05. The molecule has 0 saturated carbocycles. The van der Waals surface area contributed by atoms with Crippen LogP contribution in [0.1, 0.15) is 12.8 Å². The first kappa shape index (κ1) is 7.04. The van der Waals surface area contributed by atoms with Crippen LogP contribution in [0.4, 0.5) is 0 Å². The number of hydrogen-bond donors (Lipinski definition) is 1. The van der Waals surface area contributed by atoms with Gasteiger partial charge in [0.1, 0.15) is 0 Å². The summed E-state index contributed by atoms with van der Waals surface area (Å²) in [5, 5.41) is 8.66. The molecule has 0 saturated heterocycles. The maximum absolute atomic E-state index is 10.9. The zero-order valence-electron chi connectivity index (χ0n) is 5.55. The topological polar surface area (TPSA) is 37.3 Å². The smallest absolute Gasteiger partial charge is 0.162 e. The van der Waals surface area contributed by atoms with Gasteiger partial charge in [-0.15, -0.1) is 6.42 Å². The Morgan fingerprint density at radius 2 is 2.30 bits per heavy atom. The molecule has 2 nitrogen and oxygen atoms in total. The van der Waals surface area contributed by atoms with Crippen molar-refractivity contribution in [1.29, 1.82) is 0 Å². The van der Waals surface area contributed by atoms with Crippen LogP contribution in [-0.2, 0) is 4.79 Å². The molecule has 0 atom stereocenters. The van der Waals surface area contributed by atoms with Crippen molar-refractivity contribution in [2.24, 2.45) is 0 Å². The zero-order valence-corrected chi connectivity index (χ0v) is 5.55. The van der Waals surface area contributed by atoms with Crippen LogP contribution in [0.3, 0.4) is 0 Å². The molecule has 0 aromatic heterocycles. The molecule has 52 valence electrons. The second-order valence-corrected chi connectivity index (χ2v) is 2.18. The van der Waals surface area contributed by atoms with E-state index in [0.29, 0.717) is 24.0 Å². The first-order valence-corrected chi connectivity index (χ1v) is 3.12. The molecule has 0 aliphatic heterocycles. The number of ketones is 1. The number of aliphatic hydroxyl groups excluding tert-OH is 1. The van der Waals surface area contributed by atoms with Gasteiger partial charge in [0.2, 0.25) is 0 Å². The van der Waals surface area contributed by atoms with Crippen LogP contribution in [0.2, 0.25) is 0 Å². The standard InChI is InChI=1S/C8H8O2/c1-2-6-3-4-8(10)7(6)5-9/h1,9H,3-5H2. The first-order chi connectivity index (χ1) is 4.79. The molecule has 0 aromatic carbocycles. The first-order valence-electron chi connectivity index (χ1n) is 3.12. The molecule has 10 heavy (non-hydrogen) atoms. The van der Waals surface area contributed by atoms with Gasteiger partial charge in [-0.1, -0.05) is 5.92 Å². The third-order valence-electron chi connectivity index (χ3n) is 1.64. The van der Waals surface area contributed by atoms with E-state index < -0.39 is 0 Å². The van der Waals surface area contributed by atoms with Gasteiger partial charge in [0.05, 0.1) is 6.61 Å². The highest BCUT2D eigenvalue weighted by atomic mass is 16.3. The van der Waals surface area contributed by atoms with Crippen LogP contribution >= 0.6 is 0 Å². The summed E-state index contributed by atoms with van der Waals surface area (Å²) in [5.74, 6) is 2.39. The summed E-state index contributed by atoms with van der Waals surface area (Å²) in [7, 11) is 0. The normalized spacial score (nSPS) is 17.8. The molecule has 1 aliphatic carbocycles. The number of aliphatic hydroxyl groups is 1. The molecule has 0 radical (unpaired) electrons. The average Bonchev–Trinajstić information content (AvgIpc) is 2.30. The number of terminal acetylenes is 1. The van der Waals surface area contributed by atoms with Crippen molar-refractivity contribution < 1.29 is 9.90 Å². The van der Waals surface area contributed by atoms with Crippen LogP contribution in [0.5, 0.6) is 0 Å². The van der Waals surface area contributed by atoms with E-state index in [9.17, 15) is 4.79 Å². The Morgan fingerprint density at radius 3 is 2.70 bits per heavy atom. The molecule has 0 fully saturated rings. The highest BCUT2D eigenvalue weighted by Crippen LogP contribution is 2.21. The predicted octanol–water partition coefficient (Wildman–Crippen LogP) is 0.271. The third kappa shape index (κ3) is 0.960. The number of carbonyl (C=O) groups excluding carboxylic acids is 1. The molecule has 1 aliphatic rings. The predicted molar refractivity (Wildman–Crippen MR) is 37.2 cm³/mol. The number of carbonyl (C=O) groups is 1. The summed E-state index contributed by atoms with van der Waals surface area (Å²) in [6.07, 6.45) is 6.19. The van der Waals surface area contributed by atoms with Crippen molar-refractivity contribution in [2.75, 3.05) is 6.61 Å². The van der Waals surface area contributed by atoms with Gasteiger partial charge in [-0.3, -0.25) is 4.79 Å². The highest BCUT2D eigenvalue weighted by molar-refractivity contribution is 5.99. The molecule has 0 heterocycles. The second kappa shape index (κ2) is 2.68. The summed E-state index contributed by atoms with van der Waals surface area (Å²) in [4.78, 5) is 10.9. The largest absolute Gasteiger partial charge is 0.392 e. The Hall–Kier alpha value is -1.07. The number of allylic oxidation sites excluding steroid dienone is 1. The minimum absolute atomic E-state index is 0.00421. The Morgan fingerprint density at radius 1 is 1.60 bits per heavy atom. The van der Waals surface area contributed by atoms with Gasteiger partial charge in [-0.25, -0.2) is 0 Å². The van der Waals surface area contributed by atoms with Gasteiger partial charge in [0.15, 0.2) is 5.78 Å². The average molecular weight is 136 g/mol. The van der Waals surface area contributed by atoms with Crippen molar-refractivity contribution in [3.8, 4) is 12.3 Å². The fourth-order valence-corrected chi connectivity index (χ4v) is 1.05. The van der Waals surface area contributed by atoms with E-state index in [1.54, 1.807) is 0 Å². The third-order valence-corrected chi connectivity index (χ3v) is 1.64. The molecule has 0 bridgehead atoms. The van der Waals surface area contributed by atoms with Crippen LogP contribution < -0.4 is 0 Å². The maximum Gasteiger partial charge on any atom is 0.162 e. The molecule has 1 N–H and O–H groups in total. The SMILES string of the molecule is C#CC1=C(CO)C(=O)CC1. The van der Waals surface area contributed by atoms with E-state index in [1.807, 2.05) is 0 Å². The van der Waals surface area contributed by atoms with Gasteiger partial charge in [0.25, 0.3) is 0 Å². The number of Topliss-reactive ketones (excluding diaryl/α,β-unsaturated/α-hetero) is 1. The minimum atomic E-state index is -0.210. The van der Waals surface area contributed by atoms with Crippen molar-refractivity contribution in [2.45, 2.75) is 12.8 Å². The Labute approximate surface area is 59.6 Å². The van der Waals surface area contributed by atoms with Gasteiger partial charge in [0, 0.05) is 17.6 Å². The van der Waals surface area contributed by atoms with Crippen LogP contribution in [0.25, 0.3) is 0 Å². The second-order valence-electron chi connectivity index (χ2n) is 2.18. The van der Waals surface area contributed by atoms with Crippen LogP contribution in [-0.4, -0.2) is 17.5 Å². The lowest BCUT2D eigenvalue weighted by molar-refractivity contribution is -0.115. The zero-order chi connectivity index (χ0) is 7.56. The lowest BCUT2D eigenvalue weighted by Crippen LogP contribution is -2.00. The number of hydrogen-bond acceptors (Lipinski definition) is 2. The summed E-state index contributed by atoms with van der Waals surface area (Å²) < 4.78 is 0. The molecule has 0 amide bonds. The van der Waals surface area contributed by atoms with Crippen LogP contribution in [0.15, 0.2) is 11.1 Å². The molecular weight excluding hydrogens is 128 g/mol. The van der Waals surface area contributed by atoms with Crippen molar-refractivity contribution in [3.63, 3.8) is 0 Å². The summed E-state index contributed by atoms with van der Waals surface area (Å²) in [6, 6.07) is 0. The Kier molecular flexibility index (Phi) is 1.88. The van der Waals surface area contributed by atoms with Crippen molar-refractivity contribution >= 4 is 5.78 Å².